The Labute approximate surface area is 211 Å². The van der Waals surface area contributed by atoms with Gasteiger partial charge in [0.05, 0.1) is 23.6 Å². The summed E-state index contributed by atoms with van der Waals surface area (Å²) in [7, 11) is 1.24. The van der Waals surface area contributed by atoms with E-state index in [2.05, 4.69) is 10.1 Å². The minimum Gasteiger partial charge on any atom is -0.490 e. The fraction of sp³-hybridized carbons (Fsp3) is 0.250. The van der Waals surface area contributed by atoms with Crippen LogP contribution < -0.4 is 14.8 Å². The van der Waals surface area contributed by atoms with Crippen molar-refractivity contribution in [1.82, 2.24) is 4.90 Å². The van der Waals surface area contributed by atoms with Gasteiger partial charge in [-0.3, -0.25) is 19.3 Å². The van der Waals surface area contributed by atoms with Crippen molar-refractivity contribution in [1.29, 1.82) is 0 Å². The number of thioether (sulfide) groups is 1. The monoisotopic (exact) mass is 518 g/mol. The topological polar surface area (TPSA) is 111 Å². The molecule has 1 saturated heterocycles. The lowest BCUT2D eigenvalue weighted by Gasteiger charge is -2.14. The van der Waals surface area contributed by atoms with Crippen LogP contribution in [-0.4, -0.2) is 54.8 Å². The number of hydrogen-bond acceptors (Lipinski definition) is 8. The first-order chi connectivity index (χ1) is 16.7. The molecular weight excluding hydrogens is 496 g/mol. The average Bonchev–Trinajstić information content (AvgIpc) is 3.07. The Hall–Kier alpha value is -3.50. The summed E-state index contributed by atoms with van der Waals surface area (Å²) in [5.41, 5.74) is 2.07. The number of halogens is 1. The van der Waals surface area contributed by atoms with E-state index < -0.39 is 29.6 Å². The van der Waals surface area contributed by atoms with E-state index in [0.29, 0.717) is 29.6 Å². The number of nitrogens with one attached hydrogen (secondary N) is 1. The van der Waals surface area contributed by atoms with Gasteiger partial charge in [-0.05, 0) is 61.5 Å². The van der Waals surface area contributed by atoms with Crippen LogP contribution in [0.25, 0.3) is 6.08 Å². The number of nitrogens with zero attached hydrogens (tertiary/aromatic N) is 1. The molecule has 1 fully saturated rings. The molecule has 2 aromatic rings. The van der Waals surface area contributed by atoms with Gasteiger partial charge >= 0.3 is 5.97 Å². The summed E-state index contributed by atoms with van der Waals surface area (Å²) in [6, 6.07) is 10.2. The number of carbonyl (C=O) groups is 4. The molecule has 3 rings (SSSR count). The Morgan fingerprint density at radius 1 is 1.14 bits per heavy atom. The molecule has 0 aliphatic carbocycles. The van der Waals surface area contributed by atoms with E-state index in [1.165, 1.54) is 19.3 Å². The molecule has 2 aromatic carbocycles. The second kappa shape index (κ2) is 11.8. The van der Waals surface area contributed by atoms with Crippen LogP contribution in [0.15, 0.2) is 41.3 Å². The number of carbonyl (C=O) groups excluding carboxylic acids is 4. The standard InChI is InChI=1S/C24H23ClN2O7S/c1-4-33-18-10-15(9-17(25)22(18)34-13-21(29)32-3)11-19-23(30)27(24(31)35-19)12-20(28)26-16-7-5-14(2)6-8-16/h5-11H,4,12-13H2,1-3H3,(H,26,28). The molecule has 11 heteroatoms. The summed E-state index contributed by atoms with van der Waals surface area (Å²) in [5.74, 6) is -1.28. The van der Waals surface area contributed by atoms with Gasteiger partial charge in [-0.15, -0.1) is 0 Å². The van der Waals surface area contributed by atoms with Crippen LogP contribution in [-0.2, 0) is 19.1 Å². The molecule has 0 atom stereocenters. The second-order valence-electron chi connectivity index (χ2n) is 7.31. The first-order valence-electron chi connectivity index (χ1n) is 10.5. The zero-order valence-corrected chi connectivity index (χ0v) is 20.8. The molecule has 1 aliphatic rings. The van der Waals surface area contributed by atoms with Gasteiger partial charge in [-0.2, -0.15) is 0 Å². The highest BCUT2D eigenvalue weighted by atomic mass is 35.5. The molecule has 1 aliphatic heterocycles. The second-order valence-corrected chi connectivity index (χ2v) is 8.71. The molecule has 9 nitrogen and oxygen atoms in total. The molecule has 3 amide bonds. The Balaban J connectivity index is 1.75. The van der Waals surface area contributed by atoms with Crippen molar-refractivity contribution < 1.29 is 33.4 Å². The number of aryl methyl sites for hydroxylation is 1. The van der Waals surface area contributed by atoms with Crippen LogP contribution in [0.4, 0.5) is 10.5 Å². The van der Waals surface area contributed by atoms with Gasteiger partial charge in [0.2, 0.25) is 5.91 Å². The molecule has 0 bridgehead atoms. The number of esters is 1. The first-order valence-corrected chi connectivity index (χ1v) is 11.7. The van der Waals surface area contributed by atoms with Crippen LogP contribution >= 0.6 is 23.4 Å². The summed E-state index contributed by atoms with van der Waals surface area (Å²) < 4.78 is 15.5. The maximum atomic E-state index is 12.8. The van der Waals surface area contributed by atoms with Gasteiger partial charge in [-0.1, -0.05) is 29.3 Å². The van der Waals surface area contributed by atoms with Crippen molar-refractivity contribution in [3.63, 3.8) is 0 Å². The number of rotatable bonds is 9. The van der Waals surface area contributed by atoms with Crippen molar-refractivity contribution >= 4 is 58.1 Å². The molecule has 35 heavy (non-hydrogen) atoms. The average molecular weight is 519 g/mol. The van der Waals surface area contributed by atoms with Gasteiger partial charge in [0, 0.05) is 5.69 Å². The zero-order chi connectivity index (χ0) is 25.5. The third kappa shape index (κ3) is 6.77. The quantitative estimate of drug-likeness (QED) is 0.387. The van der Waals surface area contributed by atoms with E-state index in [9.17, 15) is 19.2 Å². The minimum atomic E-state index is -0.598. The number of amides is 3. The van der Waals surface area contributed by atoms with Crippen molar-refractivity contribution in [2.24, 2.45) is 0 Å². The molecule has 1 N–H and O–H groups in total. The van der Waals surface area contributed by atoms with Crippen LogP contribution in [0.1, 0.15) is 18.1 Å². The van der Waals surface area contributed by atoms with Crippen LogP contribution in [0, 0.1) is 6.92 Å². The number of hydrogen-bond donors (Lipinski definition) is 1. The third-order valence-corrected chi connectivity index (χ3v) is 5.89. The van der Waals surface area contributed by atoms with Gasteiger partial charge in [0.25, 0.3) is 11.1 Å². The highest BCUT2D eigenvalue weighted by molar-refractivity contribution is 8.18. The molecule has 0 aromatic heterocycles. The number of ether oxygens (including phenoxy) is 3. The molecule has 184 valence electrons. The molecule has 0 spiro atoms. The van der Waals surface area contributed by atoms with Gasteiger partial charge < -0.3 is 19.5 Å². The largest absolute Gasteiger partial charge is 0.490 e. The van der Waals surface area contributed by atoms with E-state index in [1.54, 1.807) is 25.1 Å². The number of anilines is 1. The van der Waals surface area contributed by atoms with Crippen molar-refractivity contribution in [2.45, 2.75) is 13.8 Å². The maximum Gasteiger partial charge on any atom is 0.343 e. The van der Waals surface area contributed by atoms with Gasteiger partial charge in [0.1, 0.15) is 6.54 Å². The highest BCUT2D eigenvalue weighted by Gasteiger charge is 2.36. The molecule has 1 heterocycles. The lowest BCUT2D eigenvalue weighted by Crippen LogP contribution is -2.36. The number of methoxy groups -OCH3 is 1. The van der Waals surface area contributed by atoms with E-state index >= 15 is 0 Å². The van der Waals surface area contributed by atoms with Crippen LogP contribution in [0.5, 0.6) is 11.5 Å². The summed E-state index contributed by atoms with van der Waals surface area (Å²) in [6.07, 6.45) is 1.47. The summed E-state index contributed by atoms with van der Waals surface area (Å²) >= 11 is 7.04. The molecule has 0 radical (unpaired) electrons. The predicted molar refractivity (Wildman–Crippen MR) is 133 cm³/mol. The minimum absolute atomic E-state index is 0.125. The lowest BCUT2D eigenvalue weighted by molar-refractivity contribution is -0.143. The lowest BCUT2D eigenvalue weighted by atomic mass is 10.1. The first kappa shape index (κ1) is 26.1. The van der Waals surface area contributed by atoms with Crippen molar-refractivity contribution in [3.8, 4) is 11.5 Å². The zero-order valence-electron chi connectivity index (χ0n) is 19.3. The predicted octanol–water partition coefficient (Wildman–Crippen LogP) is 4.27. The summed E-state index contributed by atoms with van der Waals surface area (Å²) in [5, 5.41) is 2.25. The Morgan fingerprint density at radius 2 is 1.86 bits per heavy atom. The molecule has 0 unspecified atom stereocenters. The van der Waals surface area contributed by atoms with Crippen molar-refractivity contribution in [3.05, 3.63) is 57.5 Å². The smallest absolute Gasteiger partial charge is 0.343 e. The fourth-order valence-electron chi connectivity index (χ4n) is 3.03. The maximum absolute atomic E-state index is 12.8. The van der Waals surface area contributed by atoms with Gasteiger partial charge in [-0.25, -0.2) is 4.79 Å². The van der Waals surface area contributed by atoms with Crippen LogP contribution in [0.2, 0.25) is 5.02 Å². The molecule has 0 saturated carbocycles. The fourth-order valence-corrected chi connectivity index (χ4v) is 4.14. The Bertz CT molecular complexity index is 1180. The van der Waals surface area contributed by atoms with E-state index in [1.807, 2.05) is 19.1 Å². The SMILES string of the molecule is CCOc1cc(C=C2SC(=O)N(CC(=O)Nc3ccc(C)cc3)C2=O)cc(Cl)c1OCC(=O)OC. The molecular formula is C24H23ClN2O7S. The van der Waals surface area contributed by atoms with Gasteiger partial charge in [0.15, 0.2) is 18.1 Å². The van der Waals surface area contributed by atoms with E-state index in [-0.39, 0.29) is 28.0 Å². The van der Waals surface area contributed by atoms with E-state index in [0.717, 1.165) is 10.5 Å². The highest BCUT2D eigenvalue weighted by Crippen LogP contribution is 2.39. The summed E-state index contributed by atoms with van der Waals surface area (Å²) in [4.78, 5) is 50.0. The Morgan fingerprint density at radius 3 is 2.51 bits per heavy atom. The van der Waals surface area contributed by atoms with E-state index in [4.69, 9.17) is 21.1 Å². The van der Waals surface area contributed by atoms with Crippen LogP contribution in [0.3, 0.4) is 0 Å². The number of imide groups is 1. The number of benzene rings is 2. The third-order valence-electron chi connectivity index (χ3n) is 4.70. The van der Waals surface area contributed by atoms with Crippen molar-refractivity contribution in [2.75, 3.05) is 32.2 Å². The summed E-state index contributed by atoms with van der Waals surface area (Å²) in [6.45, 7) is 3.20. The normalized spacial score (nSPS) is 14.3. The Kier molecular flexibility index (Phi) is 8.78.